The maximum absolute atomic E-state index is 12.2. The summed E-state index contributed by atoms with van der Waals surface area (Å²) in [6.07, 6.45) is 0. The summed E-state index contributed by atoms with van der Waals surface area (Å²) in [6.45, 7) is 7.36. The summed E-state index contributed by atoms with van der Waals surface area (Å²) in [7, 11) is 0. The Morgan fingerprint density at radius 3 is 2.57 bits per heavy atom. The van der Waals surface area contributed by atoms with Crippen LogP contribution in [0.5, 0.6) is 0 Å². The zero-order valence-electron chi connectivity index (χ0n) is 12.4. The Labute approximate surface area is 121 Å². The van der Waals surface area contributed by atoms with Crippen LogP contribution in [0.15, 0.2) is 18.2 Å². The third kappa shape index (κ3) is 3.01. The van der Waals surface area contributed by atoms with Crippen LogP contribution >= 0.6 is 0 Å². The molecule has 1 heterocycles. The highest BCUT2D eigenvalue weighted by molar-refractivity contribution is 6.01. The standard InChI is InChI=1S/C14H18N4O3/c1-8(12(19)15-14(2,3)4)18-10-7-5-6-9(13(20)21)11(10)16-17-18/h5-8H,1-4H3,(H,15,19)(H,20,21). The summed E-state index contributed by atoms with van der Waals surface area (Å²) in [4.78, 5) is 23.4. The third-order valence-electron chi connectivity index (χ3n) is 2.98. The lowest BCUT2D eigenvalue weighted by molar-refractivity contribution is -0.125. The first kappa shape index (κ1) is 15.0. The topological polar surface area (TPSA) is 97.1 Å². The van der Waals surface area contributed by atoms with Crippen LogP contribution < -0.4 is 5.32 Å². The molecule has 0 bridgehead atoms. The fourth-order valence-corrected chi connectivity index (χ4v) is 2.01. The van der Waals surface area contributed by atoms with Gasteiger partial charge < -0.3 is 10.4 Å². The summed E-state index contributed by atoms with van der Waals surface area (Å²) >= 11 is 0. The number of nitrogens with one attached hydrogen (secondary N) is 1. The van der Waals surface area contributed by atoms with Gasteiger partial charge in [0.15, 0.2) is 0 Å². The molecule has 7 nitrogen and oxygen atoms in total. The van der Waals surface area contributed by atoms with Crippen LogP contribution in [0.4, 0.5) is 0 Å². The van der Waals surface area contributed by atoms with Crippen molar-refractivity contribution >= 4 is 22.9 Å². The highest BCUT2D eigenvalue weighted by Crippen LogP contribution is 2.20. The first-order chi connectivity index (χ1) is 9.70. The minimum Gasteiger partial charge on any atom is -0.478 e. The number of aromatic carboxylic acids is 1. The number of carbonyl (C=O) groups excluding carboxylic acids is 1. The Hall–Kier alpha value is -2.44. The summed E-state index contributed by atoms with van der Waals surface area (Å²) in [6, 6.07) is 4.19. The lowest BCUT2D eigenvalue weighted by Gasteiger charge is -2.23. The van der Waals surface area contributed by atoms with E-state index in [4.69, 9.17) is 5.11 Å². The van der Waals surface area contributed by atoms with Gasteiger partial charge in [0.1, 0.15) is 11.6 Å². The first-order valence-corrected chi connectivity index (χ1v) is 6.60. The van der Waals surface area contributed by atoms with Crippen molar-refractivity contribution in [3.63, 3.8) is 0 Å². The number of rotatable bonds is 3. The van der Waals surface area contributed by atoms with Crippen LogP contribution in [-0.4, -0.2) is 37.5 Å². The molecule has 0 radical (unpaired) electrons. The van der Waals surface area contributed by atoms with Crippen LogP contribution in [0.25, 0.3) is 11.0 Å². The normalized spacial score (nSPS) is 13.1. The number of fused-ring (bicyclic) bond motifs is 1. The van der Waals surface area contributed by atoms with Gasteiger partial charge in [0.2, 0.25) is 5.91 Å². The molecule has 0 saturated heterocycles. The van der Waals surface area contributed by atoms with E-state index in [0.717, 1.165) is 0 Å². The van der Waals surface area contributed by atoms with Crippen molar-refractivity contribution in [2.75, 3.05) is 0 Å². The van der Waals surface area contributed by atoms with Gasteiger partial charge in [0.05, 0.1) is 11.1 Å². The van der Waals surface area contributed by atoms with Gasteiger partial charge in [-0.25, -0.2) is 9.48 Å². The number of amides is 1. The van der Waals surface area contributed by atoms with Crippen molar-refractivity contribution in [2.45, 2.75) is 39.3 Å². The fourth-order valence-electron chi connectivity index (χ4n) is 2.01. The molecule has 1 unspecified atom stereocenters. The number of benzene rings is 1. The van der Waals surface area contributed by atoms with E-state index in [1.54, 1.807) is 19.1 Å². The van der Waals surface area contributed by atoms with Crippen LogP contribution in [0.1, 0.15) is 44.1 Å². The van der Waals surface area contributed by atoms with Crippen LogP contribution in [0.2, 0.25) is 0 Å². The average molecular weight is 290 g/mol. The Morgan fingerprint density at radius 1 is 1.33 bits per heavy atom. The lowest BCUT2D eigenvalue weighted by Crippen LogP contribution is -2.43. The Balaban J connectivity index is 2.41. The summed E-state index contributed by atoms with van der Waals surface area (Å²) in [5, 5.41) is 19.8. The molecule has 21 heavy (non-hydrogen) atoms. The van der Waals surface area contributed by atoms with Crippen LogP contribution in [0, 0.1) is 0 Å². The van der Waals surface area contributed by atoms with E-state index >= 15 is 0 Å². The van der Waals surface area contributed by atoms with Gasteiger partial charge in [-0.3, -0.25) is 4.79 Å². The molecule has 0 saturated carbocycles. The highest BCUT2D eigenvalue weighted by Gasteiger charge is 2.24. The molecule has 1 aromatic carbocycles. The second-order valence-electron chi connectivity index (χ2n) is 5.93. The van der Waals surface area contributed by atoms with Gasteiger partial charge >= 0.3 is 5.97 Å². The molecule has 112 valence electrons. The quantitative estimate of drug-likeness (QED) is 0.895. The number of hydrogen-bond acceptors (Lipinski definition) is 4. The molecular weight excluding hydrogens is 272 g/mol. The average Bonchev–Trinajstić information content (AvgIpc) is 2.78. The smallest absolute Gasteiger partial charge is 0.338 e. The zero-order valence-corrected chi connectivity index (χ0v) is 12.4. The van der Waals surface area contributed by atoms with Gasteiger partial charge in [0.25, 0.3) is 0 Å². The number of aromatic nitrogens is 3. The van der Waals surface area contributed by atoms with E-state index in [2.05, 4.69) is 15.6 Å². The van der Waals surface area contributed by atoms with Crippen molar-refractivity contribution in [1.82, 2.24) is 20.3 Å². The molecule has 1 aromatic heterocycles. The van der Waals surface area contributed by atoms with Gasteiger partial charge in [-0.1, -0.05) is 11.3 Å². The van der Waals surface area contributed by atoms with E-state index in [-0.39, 0.29) is 22.5 Å². The molecular formula is C14H18N4O3. The predicted octanol–water partition coefficient (Wildman–Crippen LogP) is 1.61. The molecule has 7 heteroatoms. The fraction of sp³-hybridized carbons (Fsp3) is 0.429. The minimum absolute atomic E-state index is 0.0715. The van der Waals surface area contributed by atoms with Gasteiger partial charge in [-0.2, -0.15) is 0 Å². The van der Waals surface area contributed by atoms with Crippen LogP contribution in [0.3, 0.4) is 0 Å². The largest absolute Gasteiger partial charge is 0.478 e. The SMILES string of the molecule is CC(C(=O)NC(C)(C)C)n1nnc2c(C(=O)O)cccc21. The highest BCUT2D eigenvalue weighted by atomic mass is 16.4. The van der Waals surface area contributed by atoms with E-state index in [0.29, 0.717) is 5.52 Å². The minimum atomic E-state index is -1.07. The number of hydrogen-bond donors (Lipinski definition) is 2. The molecule has 1 atom stereocenters. The molecule has 2 N–H and O–H groups in total. The van der Waals surface area contributed by atoms with E-state index in [1.165, 1.54) is 10.7 Å². The number of nitrogens with zero attached hydrogens (tertiary/aromatic N) is 3. The summed E-state index contributed by atoms with van der Waals surface area (Å²) in [5.74, 6) is -1.27. The Kier molecular flexibility index (Phi) is 3.67. The molecule has 1 amide bonds. The second-order valence-corrected chi connectivity index (χ2v) is 5.93. The van der Waals surface area contributed by atoms with E-state index in [1.807, 2.05) is 20.8 Å². The Morgan fingerprint density at radius 2 is 2.00 bits per heavy atom. The van der Waals surface area contributed by atoms with Gasteiger partial charge in [-0.05, 0) is 39.8 Å². The van der Waals surface area contributed by atoms with Crippen LogP contribution in [-0.2, 0) is 4.79 Å². The van der Waals surface area contributed by atoms with Gasteiger partial charge in [-0.15, -0.1) is 5.10 Å². The molecule has 0 fully saturated rings. The zero-order chi connectivity index (χ0) is 15.8. The van der Waals surface area contributed by atoms with Crippen molar-refractivity contribution in [1.29, 1.82) is 0 Å². The molecule has 2 aromatic rings. The molecule has 2 rings (SSSR count). The maximum Gasteiger partial charge on any atom is 0.338 e. The summed E-state index contributed by atoms with van der Waals surface area (Å²) < 4.78 is 1.43. The molecule has 0 aliphatic rings. The third-order valence-corrected chi connectivity index (χ3v) is 2.98. The number of carboxylic acids is 1. The van der Waals surface area contributed by atoms with Crippen molar-refractivity contribution in [2.24, 2.45) is 0 Å². The first-order valence-electron chi connectivity index (χ1n) is 6.60. The Bertz CT molecular complexity index is 700. The predicted molar refractivity (Wildman–Crippen MR) is 77.1 cm³/mol. The second kappa shape index (κ2) is 5.16. The van der Waals surface area contributed by atoms with Crippen molar-refractivity contribution in [3.8, 4) is 0 Å². The molecule has 0 aliphatic heterocycles. The molecule has 0 spiro atoms. The number of carbonyl (C=O) groups is 2. The maximum atomic E-state index is 12.2. The number of carboxylic acid groups (broad SMARTS) is 1. The van der Waals surface area contributed by atoms with Gasteiger partial charge in [0, 0.05) is 5.54 Å². The molecule has 0 aliphatic carbocycles. The van der Waals surface area contributed by atoms with E-state index in [9.17, 15) is 9.59 Å². The lowest BCUT2D eigenvalue weighted by atomic mass is 10.1. The monoisotopic (exact) mass is 290 g/mol. The van der Waals surface area contributed by atoms with Crippen molar-refractivity contribution < 1.29 is 14.7 Å². The summed E-state index contributed by atoms with van der Waals surface area (Å²) in [5.41, 5.74) is 0.516. The van der Waals surface area contributed by atoms with E-state index < -0.39 is 12.0 Å². The van der Waals surface area contributed by atoms with Crippen molar-refractivity contribution in [3.05, 3.63) is 23.8 Å².